The van der Waals surface area contributed by atoms with Crippen LogP contribution in [0.15, 0.2) is 17.2 Å². The van der Waals surface area contributed by atoms with Gasteiger partial charge in [-0.05, 0) is 31.2 Å². The molecule has 5 nitrogen and oxygen atoms in total. The topological polar surface area (TPSA) is 71.1 Å². The van der Waals surface area contributed by atoms with Crippen molar-refractivity contribution in [3.8, 4) is 0 Å². The number of sulfonamides is 1. The van der Waals surface area contributed by atoms with Gasteiger partial charge in [0.1, 0.15) is 10.7 Å². The predicted molar refractivity (Wildman–Crippen MR) is 75.9 cm³/mol. The van der Waals surface area contributed by atoms with Gasteiger partial charge in [-0.3, -0.25) is 0 Å². The Bertz CT molecular complexity index is 562. The van der Waals surface area contributed by atoms with Crippen LogP contribution in [0.3, 0.4) is 0 Å². The summed E-state index contributed by atoms with van der Waals surface area (Å²) in [6.07, 6.45) is 4.15. The molecule has 0 saturated heterocycles. The first kappa shape index (κ1) is 14.6. The quantitative estimate of drug-likeness (QED) is 0.895. The Kier molecular flexibility index (Phi) is 4.32. The third-order valence-electron chi connectivity index (χ3n) is 3.38. The van der Waals surface area contributed by atoms with Crippen LogP contribution in [-0.4, -0.2) is 26.5 Å². The molecule has 0 spiro atoms. The van der Waals surface area contributed by atoms with Crippen LogP contribution in [0.5, 0.6) is 0 Å². The van der Waals surface area contributed by atoms with Crippen molar-refractivity contribution < 1.29 is 8.42 Å². The highest BCUT2D eigenvalue weighted by molar-refractivity contribution is 7.89. The van der Waals surface area contributed by atoms with Gasteiger partial charge in [0.25, 0.3) is 0 Å². The van der Waals surface area contributed by atoms with E-state index in [0.717, 1.165) is 19.3 Å². The number of rotatable bonds is 4. The molecule has 2 unspecified atom stereocenters. The zero-order valence-electron chi connectivity index (χ0n) is 11.0. The number of halogens is 1. The van der Waals surface area contributed by atoms with Crippen molar-refractivity contribution in [1.29, 1.82) is 0 Å². The van der Waals surface area contributed by atoms with Gasteiger partial charge in [0.15, 0.2) is 0 Å². The van der Waals surface area contributed by atoms with E-state index >= 15 is 0 Å². The minimum absolute atomic E-state index is 0.0164. The van der Waals surface area contributed by atoms with E-state index in [1.54, 1.807) is 7.05 Å². The van der Waals surface area contributed by atoms with E-state index in [-0.39, 0.29) is 10.9 Å². The van der Waals surface area contributed by atoms with Crippen molar-refractivity contribution in [3.63, 3.8) is 0 Å². The molecule has 2 N–H and O–H groups in total. The Morgan fingerprint density at radius 3 is 2.68 bits per heavy atom. The molecule has 1 fully saturated rings. The zero-order valence-corrected chi connectivity index (χ0v) is 12.6. The maximum atomic E-state index is 12.2. The highest BCUT2D eigenvalue weighted by Crippen LogP contribution is 2.27. The fourth-order valence-electron chi connectivity index (χ4n) is 2.35. The van der Waals surface area contributed by atoms with Gasteiger partial charge in [-0.25, -0.2) is 18.1 Å². The normalized spacial score (nSPS) is 23.5. The van der Waals surface area contributed by atoms with E-state index < -0.39 is 10.0 Å². The molecule has 1 saturated carbocycles. The molecule has 1 aliphatic carbocycles. The molecule has 106 valence electrons. The van der Waals surface area contributed by atoms with Gasteiger partial charge in [0, 0.05) is 19.3 Å². The molecular formula is C12H18ClN3O2S. The lowest BCUT2D eigenvalue weighted by Gasteiger charge is -2.13. The summed E-state index contributed by atoms with van der Waals surface area (Å²) in [4.78, 5) is 4.10. The first-order valence-corrected chi connectivity index (χ1v) is 8.14. The number of hydrogen-bond donors (Lipinski definition) is 2. The van der Waals surface area contributed by atoms with Crippen molar-refractivity contribution in [1.82, 2.24) is 9.71 Å². The SMILES string of the molecule is CNc1ncc(S(=O)(=O)NC2CCC(C)C2)cc1Cl. The Hall–Kier alpha value is -0.850. The Morgan fingerprint density at radius 1 is 1.42 bits per heavy atom. The van der Waals surface area contributed by atoms with Crippen LogP contribution >= 0.6 is 11.6 Å². The first-order chi connectivity index (χ1) is 8.92. The number of nitrogens with zero attached hydrogens (tertiary/aromatic N) is 1. The summed E-state index contributed by atoms with van der Waals surface area (Å²) < 4.78 is 27.2. The van der Waals surface area contributed by atoms with Crippen LogP contribution in [-0.2, 0) is 10.0 Å². The van der Waals surface area contributed by atoms with Crippen LogP contribution in [0.1, 0.15) is 26.2 Å². The van der Waals surface area contributed by atoms with E-state index in [2.05, 4.69) is 21.9 Å². The number of pyridine rings is 1. The lowest BCUT2D eigenvalue weighted by Crippen LogP contribution is -2.33. The fourth-order valence-corrected chi connectivity index (χ4v) is 3.93. The predicted octanol–water partition coefficient (Wildman–Crippen LogP) is 2.24. The van der Waals surface area contributed by atoms with Gasteiger partial charge in [-0.1, -0.05) is 18.5 Å². The van der Waals surface area contributed by atoms with Crippen LogP contribution < -0.4 is 10.0 Å². The van der Waals surface area contributed by atoms with E-state index in [0.29, 0.717) is 16.8 Å². The van der Waals surface area contributed by atoms with Crippen molar-refractivity contribution in [2.75, 3.05) is 12.4 Å². The van der Waals surface area contributed by atoms with Crippen LogP contribution in [0.4, 0.5) is 5.82 Å². The highest BCUT2D eigenvalue weighted by atomic mass is 35.5. The Morgan fingerprint density at radius 2 is 2.16 bits per heavy atom. The molecular weight excluding hydrogens is 286 g/mol. The van der Waals surface area contributed by atoms with Gasteiger partial charge < -0.3 is 5.32 Å². The molecule has 1 heterocycles. The smallest absolute Gasteiger partial charge is 0.242 e. The maximum absolute atomic E-state index is 12.2. The van der Waals surface area contributed by atoms with Crippen molar-refractivity contribution in [2.45, 2.75) is 37.1 Å². The number of hydrogen-bond acceptors (Lipinski definition) is 4. The molecule has 0 amide bonds. The summed E-state index contributed by atoms with van der Waals surface area (Å²) in [5.41, 5.74) is 0. The van der Waals surface area contributed by atoms with Gasteiger partial charge in [0.2, 0.25) is 10.0 Å². The summed E-state index contributed by atoms with van der Waals surface area (Å²) in [5, 5.41) is 3.09. The average Bonchev–Trinajstić information content (AvgIpc) is 2.73. The maximum Gasteiger partial charge on any atom is 0.242 e. The molecule has 0 radical (unpaired) electrons. The second-order valence-corrected chi connectivity index (χ2v) is 7.11. The third-order valence-corrected chi connectivity index (χ3v) is 5.16. The fraction of sp³-hybridized carbons (Fsp3) is 0.583. The summed E-state index contributed by atoms with van der Waals surface area (Å²) in [7, 11) is -1.86. The molecule has 0 bridgehead atoms. The van der Waals surface area contributed by atoms with Crippen molar-refractivity contribution >= 4 is 27.4 Å². The Labute approximate surface area is 118 Å². The molecule has 0 aromatic carbocycles. The van der Waals surface area contributed by atoms with Crippen LogP contribution in [0.25, 0.3) is 0 Å². The molecule has 1 aromatic heterocycles. The summed E-state index contributed by atoms with van der Waals surface area (Å²) in [6.45, 7) is 2.13. The molecule has 7 heteroatoms. The second kappa shape index (κ2) is 5.64. The van der Waals surface area contributed by atoms with E-state index in [4.69, 9.17) is 11.6 Å². The van der Waals surface area contributed by atoms with E-state index in [9.17, 15) is 8.42 Å². The average molecular weight is 304 g/mol. The lowest BCUT2D eigenvalue weighted by atomic mass is 10.1. The number of anilines is 1. The summed E-state index contributed by atoms with van der Waals surface area (Å²) in [5.74, 6) is 1.04. The van der Waals surface area contributed by atoms with Gasteiger partial charge in [0.05, 0.1) is 5.02 Å². The molecule has 19 heavy (non-hydrogen) atoms. The van der Waals surface area contributed by atoms with Gasteiger partial charge in [-0.15, -0.1) is 0 Å². The van der Waals surface area contributed by atoms with Crippen LogP contribution in [0, 0.1) is 5.92 Å². The molecule has 0 aliphatic heterocycles. The first-order valence-electron chi connectivity index (χ1n) is 6.28. The number of nitrogens with one attached hydrogen (secondary N) is 2. The monoisotopic (exact) mass is 303 g/mol. The van der Waals surface area contributed by atoms with E-state index in [1.807, 2.05) is 0 Å². The third kappa shape index (κ3) is 3.38. The van der Waals surface area contributed by atoms with Gasteiger partial charge >= 0.3 is 0 Å². The zero-order chi connectivity index (χ0) is 14.0. The molecule has 2 atom stereocenters. The van der Waals surface area contributed by atoms with Crippen molar-refractivity contribution in [3.05, 3.63) is 17.3 Å². The molecule has 2 rings (SSSR count). The lowest BCUT2D eigenvalue weighted by molar-refractivity contribution is 0.538. The van der Waals surface area contributed by atoms with Gasteiger partial charge in [-0.2, -0.15) is 0 Å². The largest absolute Gasteiger partial charge is 0.372 e. The number of aromatic nitrogens is 1. The molecule has 1 aromatic rings. The van der Waals surface area contributed by atoms with E-state index in [1.165, 1.54) is 12.3 Å². The minimum atomic E-state index is -3.54. The minimum Gasteiger partial charge on any atom is -0.372 e. The van der Waals surface area contributed by atoms with Crippen molar-refractivity contribution in [2.24, 2.45) is 5.92 Å². The molecule has 1 aliphatic rings. The standard InChI is InChI=1S/C12H18ClN3O2S/c1-8-3-4-9(5-8)16-19(17,18)10-6-11(13)12(14-2)15-7-10/h6-9,16H,3-5H2,1-2H3,(H,14,15). The second-order valence-electron chi connectivity index (χ2n) is 4.99. The summed E-state index contributed by atoms with van der Waals surface area (Å²) in [6, 6.07) is 1.43. The highest BCUT2D eigenvalue weighted by Gasteiger charge is 2.27. The summed E-state index contributed by atoms with van der Waals surface area (Å²) >= 11 is 5.96. The Balaban J connectivity index is 2.17. The van der Waals surface area contributed by atoms with Crippen LogP contribution in [0.2, 0.25) is 5.02 Å².